The highest BCUT2D eigenvalue weighted by atomic mass is 16.5. The molecule has 1 fully saturated rings. The zero-order valence-electron chi connectivity index (χ0n) is 14.4. The highest BCUT2D eigenvalue weighted by Gasteiger charge is 2.25. The van der Waals surface area contributed by atoms with Crippen molar-refractivity contribution in [2.45, 2.75) is 58.2 Å². The first-order chi connectivity index (χ1) is 11.0. The van der Waals surface area contributed by atoms with Crippen LogP contribution in [-0.2, 0) is 4.79 Å². The van der Waals surface area contributed by atoms with Crippen molar-refractivity contribution in [2.75, 3.05) is 6.54 Å². The second-order valence-corrected chi connectivity index (χ2v) is 6.37. The lowest BCUT2D eigenvalue weighted by Crippen LogP contribution is -2.47. The van der Waals surface area contributed by atoms with E-state index in [1.54, 1.807) is 6.08 Å². The van der Waals surface area contributed by atoms with Crippen LogP contribution in [-0.4, -0.2) is 35.5 Å². The van der Waals surface area contributed by atoms with Crippen LogP contribution in [0.3, 0.4) is 0 Å². The monoisotopic (exact) mass is 316 g/mol. The summed E-state index contributed by atoms with van der Waals surface area (Å²) in [6.07, 6.45) is 6.34. The summed E-state index contributed by atoms with van der Waals surface area (Å²) in [5.41, 5.74) is 6.89. The fourth-order valence-electron chi connectivity index (χ4n) is 2.82. The molecule has 3 atom stereocenters. The van der Waals surface area contributed by atoms with Gasteiger partial charge in [-0.15, -0.1) is 0 Å². The topological polar surface area (TPSA) is 55.6 Å². The lowest BCUT2D eigenvalue weighted by molar-refractivity contribution is -0.129. The van der Waals surface area contributed by atoms with E-state index in [2.05, 4.69) is 13.8 Å². The predicted molar refractivity (Wildman–Crippen MR) is 94.2 cm³/mol. The van der Waals surface area contributed by atoms with Crippen LogP contribution in [0.25, 0.3) is 6.08 Å². The molecule has 4 nitrogen and oxygen atoms in total. The molecule has 2 N–H and O–H groups in total. The van der Waals surface area contributed by atoms with Gasteiger partial charge in [0.05, 0.1) is 6.10 Å². The molecule has 126 valence electrons. The van der Waals surface area contributed by atoms with Gasteiger partial charge in [-0.2, -0.15) is 0 Å². The van der Waals surface area contributed by atoms with Crippen LogP contribution >= 0.6 is 0 Å². The van der Waals surface area contributed by atoms with Crippen LogP contribution in [0, 0.1) is 0 Å². The first-order valence-electron chi connectivity index (χ1n) is 8.51. The van der Waals surface area contributed by atoms with E-state index in [1.165, 1.54) is 0 Å². The first kappa shape index (κ1) is 17.5. The molecular formula is C19H28N2O2. The van der Waals surface area contributed by atoms with Gasteiger partial charge in [-0.3, -0.25) is 4.79 Å². The third kappa shape index (κ3) is 4.83. The molecule has 2 rings (SSSR count). The van der Waals surface area contributed by atoms with E-state index >= 15 is 0 Å². The van der Waals surface area contributed by atoms with Gasteiger partial charge in [-0.25, -0.2) is 0 Å². The number of hydrogen-bond acceptors (Lipinski definition) is 3. The Balaban J connectivity index is 2.06. The molecule has 1 aromatic rings. The third-order valence-corrected chi connectivity index (χ3v) is 4.43. The van der Waals surface area contributed by atoms with Gasteiger partial charge >= 0.3 is 0 Å². The number of rotatable bonds is 5. The molecule has 0 aliphatic carbocycles. The highest BCUT2D eigenvalue weighted by Crippen LogP contribution is 2.22. The minimum atomic E-state index is 0.0442. The smallest absolute Gasteiger partial charge is 0.246 e. The molecule has 1 saturated heterocycles. The van der Waals surface area contributed by atoms with Crippen molar-refractivity contribution in [3.63, 3.8) is 0 Å². The molecule has 1 heterocycles. The summed E-state index contributed by atoms with van der Waals surface area (Å²) in [6.45, 7) is 6.93. The molecule has 0 aromatic heterocycles. The van der Waals surface area contributed by atoms with Crippen molar-refractivity contribution in [1.82, 2.24) is 4.90 Å². The number of carbonyl (C=O) groups is 1. The van der Waals surface area contributed by atoms with E-state index in [-0.39, 0.29) is 24.1 Å². The number of para-hydroxylation sites is 1. The number of benzene rings is 1. The average Bonchev–Trinajstić information content (AvgIpc) is 2.53. The fraction of sp³-hybridized carbons (Fsp3) is 0.526. The van der Waals surface area contributed by atoms with Gasteiger partial charge < -0.3 is 15.4 Å². The van der Waals surface area contributed by atoms with Gasteiger partial charge in [0.15, 0.2) is 0 Å². The summed E-state index contributed by atoms with van der Waals surface area (Å²) >= 11 is 0. The SMILES string of the molecule is CCC(C)Oc1ccccc1/C=C/C(=O)N1CCC(N)CC1C. The molecule has 1 aliphatic rings. The Morgan fingerprint density at radius 1 is 1.48 bits per heavy atom. The van der Waals surface area contributed by atoms with Gasteiger partial charge in [0.25, 0.3) is 0 Å². The Morgan fingerprint density at radius 2 is 2.22 bits per heavy atom. The van der Waals surface area contributed by atoms with Crippen LogP contribution < -0.4 is 10.5 Å². The molecule has 0 spiro atoms. The van der Waals surface area contributed by atoms with E-state index < -0.39 is 0 Å². The summed E-state index contributed by atoms with van der Waals surface area (Å²) in [5.74, 6) is 0.863. The van der Waals surface area contributed by atoms with Crippen LogP contribution in [0.5, 0.6) is 5.75 Å². The van der Waals surface area contributed by atoms with Crippen molar-refractivity contribution in [2.24, 2.45) is 5.73 Å². The van der Waals surface area contributed by atoms with Gasteiger partial charge in [0.2, 0.25) is 5.91 Å². The van der Waals surface area contributed by atoms with E-state index in [1.807, 2.05) is 42.2 Å². The van der Waals surface area contributed by atoms with Crippen molar-refractivity contribution < 1.29 is 9.53 Å². The standard InChI is InChI=1S/C19H28N2O2/c1-4-15(3)23-18-8-6-5-7-16(18)9-10-19(22)21-12-11-17(20)13-14(21)2/h5-10,14-15,17H,4,11-13,20H2,1-3H3/b10-9+. The summed E-state index contributed by atoms with van der Waals surface area (Å²) in [6, 6.07) is 8.22. The molecular weight excluding hydrogens is 288 g/mol. The predicted octanol–water partition coefficient (Wildman–Crippen LogP) is 3.22. The largest absolute Gasteiger partial charge is 0.490 e. The molecule has 0 radical (unpaired) electrons. The lowest BCUT2D eigenvalue weighted by atomic mass is 9.99. The maximum atomic E-state index is 12.4. The number of piperidine rings is 1. The minimum absolute atomic E-state index is 0.0442. The zero-order valence-corrected chi connectivity index (χ0v) is 14.4. The molecule has 1 aromatic carbocycles. The first-order valence-corrected chi connectivity index (χ1v) is 8.51. The van der Waals surface area contributed by atoms with E-state index in [0.29, 0.717) is 0 Å². The van der Waals surface area contributed by atoms with Crippen LogP contribution in [0.2, 0.25) is 0 Å². The molecule has 0 bridgehead atoms. The van der Waals surface area contributed by atoms with Crippen LogP contribution in [0.15, 0.2) is 30.3 Å². The number of amides is 1. The molecule has 4 heteroatoms. The highest BCUT2D eigenvalue weighted by molar-refractivity contribution is 5.92. The molecule has 3 unspecified atom stereocenters. The number of likely N-dealkylation sites (tertiary alicyclic amines) is 1. The molecule has 1 amide bonds. The summed E-state index contributed by atoms with van der Waals surface area (Å²) in [5, 5.41) is 0. The van der Waals surface area contributed by atoms with Gasteiger partial charge in [-0.1, -0.05) is 25.1 Å². The molecule has 23 heavy (non-hydrogen) atoms. The normalized spacial score (nSPS) is 23.0. The van der Waals surface area contributed by atoms with Crippen molar-refractivity contribution in [3.05, 3.63) is 35.9 Å². The third-order valence-electron chi connectivity index (χ3n) is 4.43. The number of hydrogen-bond donors (Lipinski definition) is 1. The minimum Gasteiger partial charge on any atom is -0.490 e. The van der Waals surface area contributed by atoms with Crippen molar-refractivity contribution in [1.29, 1.82) is 0 Å². The Hall–Kier alpha value is -1.81. The molecule has 1 aliphatic heterocycles. The van der Waals surface area contributed by atoms with Crippen molar-refractivity contribution in [3.8, 4) is 5.75 Å². The average molecular weight is 316 g/mol. The Labute approximate surface area is 139 Å². The maximum absolute atomic E-state index is 12.4. The summed E-state index contributed by atoms with van der Waals surface area (Å²) in [7, 11) is 0. The number of carbonyl (C=O) groups excluding carboxylic acids is 1. The lowest BCUT2D eigenvalue weighted by Gasteiger charge is -2.35. The second kappa shape index (κ2) is 8.16. The van der Waals surface area contributed by atoms with E-state index in [9.17, 15) is 4.79 Å². The second-order valence-electron chi connectivity index (χ2n) is 6.37. The quantitative estimate of drug-likeness (QED) is 0.849. The van der Waals surface area contributed by atoms with Crippen LogP contribution in [0.1, 0.15) is 45.6 Å². The van der Waals surface area contributed by atoms with E-state index in [4.69, 9.17) is 10.5 Å². The van der Waals surface area contributed by atoms with E-state index in [0.717, 1.165) is 37.1 Å². The number of nitrogens with two attached hydrogens (primary N) is 1. The Morgan fingerprint density at radius 3 is 2.91 bits per heavy atom. The summed E-state index contributed by atoms with van der Waals surface area (Å²) in [4.78, 5) is 14.3. The Kier molecular flexibility index (Phi) is 6.22. The zero-order chi connectivity index (χ0) is 16.8. The fourth-order valence-corrected chi connectivity index (χ4v) is 2.82. The number of nitrogens with zero attached hydrogens (tertiary/aromatic N) is 1. The Bertz CT molecular complexity index is 556. The summed E-state index contributed by atoms with van der Waals surface area (Å²) < 4.78 is 5.91. The van der Waals surface area contributed by atoms with Gasteiger partial charge in [-0.05, 0) is 45.3 Å². The van der Waals surface area contributed by atoms with Crippen molar-refractivity contribution >= 4 is 12.0 Å². The van der Waals surface area contributed by atoms with Crippen LogP contribution in [0.4, 0.5) is 0 Å². The van der Waals surface area contributed by atoms with Gasteiger partial charge in [0, 0.05) is 30.3 Å². The molecule has 0 saturated carbocycles. The van der Waals surface area contributed by atoms with Gasteiger partial charge in [0.1, 0.15) is 5.75 Å². The number of ether oxygens (including phenoxy) is 1. The maximum Gasteiger partial charge on any atom is 0.246 e.